The number of hydrogen-bond donors (Lipinski definition) is 1. The third-order valence-corrected chi connectivity index (χ3v) is 4.95. The molecule has 0 aliphatic heterocycles. The molecule has 0 radical (unpaired) electrons. The van der Waals surface area contributed by atoms with Gasteiger partial charge in [0, 0.05) is 28.4 Å². The highest BCUT2D eigenvalue weighted by Gasteiger charge is 2.32. The summed E-state index contributed by atoms with van der Waals surface area (Å²) in [6, 6.07) is 9.50. The van der Waals surface area contributed by atoms with Crippen LogP contribution in [-0.2, 0) is 11.3 Å². The molecule has 1 aromatic heterocycles. The van der Waals surface area contributed by atoms with Crippen LogP contribution in [-0.4, -0.2) is 28.5 Å². The number of pyridine rings is 1. The number of benzene rings is 1. The topological polar surface area (TPSA) is 94.4 Å². The first-order chi connectivity index (χ1) is 12.5. The third kappa shape index (κ3) is 4.98. The second-order valence-electron chi connectivity index (χ2n) is 6.27. The number of nitro benzene ring substituents is 1. The molecule has 2 aromatic rings. The summed E-state index contributed by atoms with van der Waals surface area (Å²) < 4.78 is 6.54. The van der Waals surface area contributed by atoms with E-state index in [4.69, 9.17) is 4.74 Å². The molecule has 1 aliphatic rings. The van der Waals surface area contributed by atoms with Crippen LogP contribution in [0.15, 0.2) is 42.6 Å². The lowest BCUT2D eigenvalue weighted by Crippen LogP contribution is -2.38. The van der Waals surface area contributed by atoms with Gasteiger partial charge in [-0.15, -0.1) is 0 Å². The fraction of sp³-hybridized carbons (Fsp3) is 0.333. The standard InChI is InChI=1S/C18H18IN3O4/c19-14-3-4-15(21-10-14)11-20-9-12-7-17(8-12)26-18(23)13-1-5-16(6-2-13)22(24)25/h1-6,10,12,17,20H,7-9,11H2. The zero-order valence-corrected chi connectivity index (χ0v) is 16.1. The van der Waals surface area contributed by atoms with Crippen LogP contribution < -0.4 is 5.32 Å². The van der Waals surface area contributed by atoms with Crippen molar-refractivity contribution in [2.75, 3.05) is 6.54 Å². The maximum atomic E-state index is 12.0. The fourth-order valence-electron chi connectivity index (χ4n) is 2.79. The molecule has 1 N–H and O–H groups in total. The largest absolute Gasteiger partial charge is 0.459 e. The molecular formula is C18H18IN3O4. The molecule has 0 unspecified atom stereocenters. The van der Waals surface area contributed by atoms with Crippen molar-refractivity contribution in [3.8, 4) is 0 Å². The Morgan fingerprint density at radius 2 is 2.00 bits per heavy atom. The van der Waals surface area contributed by atoms with Crippen molar-refractivity contribution >= 4 is 34.2 Å². The van der Waals surface area contributed by atoms with Crippen LogP contribution in [0.4, 0.5) is 5.69 Å². The number of non-ortho nitro benzene ring substituents is 1. The van der Waals surface area contributed by atoms with E-state index in [2.05, 4.69) is 32.9 Å². The Labute approximate surface area is 164 Å². The normalized spacial score (nSPS) is 18.8. The minimum absolute atomic E-state index is 0.0426. The van der Waals surface area contributed by atoms with Gasteiger partial charge in [-0.3, -0.25) is 15.1 Å². The predicted molar refractivity (Wildman–Crippen MR) is 104 cm³/mol. The number of nitrogens with one attached hydrogen (secondary N) is 1. The Morgan fingerprint density at radius 3 is 2.62 bits per heavy atom. The Bertz CT molecular complexity index is 774. The minimum Gasteiger partial charge on any atom is -0.459 e. The molecule has 8 heteroatoms. The van der Waals surface area contributed by atoms with Gasteiger partial charge in [-0.05, 0) is 72.2 Å². The van der Waals surface area contributed by atoms with E-state index in [1.54, 1.807) is 0 Å². The summed E-state index contributed by atoms with van der Waals surface area (Å²) >= 11 is 2.23. The highest BCUT2D eigenvalue weighted by atomic mass is 127. The smallest absolute Gasteiger partial charge is 0.338 e. The molecule has 26 heavy (non-hydrogen) atoms. The Balaban J connectivity index is 1.36. The average molecular weight is 467 g/mol. The van der Waals surface area contributed by atoms with E-state index in [0.29, 0.717) is 11.5 Å². The van der Waals surface area contributed by atoms with E-state index in [-0.39, 0.29) is 11.8 Å². The molecule has 1 fully saturated rings. The lowest BCUT2D eigenvalue weighted by Gasteiger charge is -2.34. The molecular weight excluding hydrogens is 449 g/mol. The summed E-state index contributed by atoms with van der Waals surface area (Å²) in [6.45, 7) is 1.58. The summed E-state index contributed by atoms with van der Waals surface area (Å²) in [5, 5.41) is 14.0. The third-order valence-electron chi connectivity index (χ3n) is 4.31. The first-order valence-corrected chi connectivity index (χ1v) is 9.35. The molecule has 0 saturated heterocycles. The lowest BCUT2D eigenvalue weighted by molar-refractivity contribution is -0.384. The molecule has 7 nitrogen and oxygen atoms in total. The van der Waals surface area contributed by atoms with Gasteiger partial charge in [0.1, 0.15) is 6.10 Å². The van der Waals surface area contributed by atoms with E-state index in [0.717, 1.165) is 35.2 Å². The van der Waals surface area contributed by atoms with Crippen LogP contribution in [0.2, 0.25) is 0 Å². The average Bonchev–Trinajstić information content (AvgIpc) is 2.61. The molecule has 0 bridgehead atoms. The first kappa shape index (κ1) is 18.7. The van der Waals surface area contributed by atoms with Crippen LogP contribution in [0.25, 0.3) is 0 Å². The van der Waals surface area contributed by atoms with Crippen molar-refractivity contribution in [1.82, 2.24) is 10.3 Å². The van der Waals surface area contributed by atoms with Crippen molar-refractivity contribution in [3.05, 3.63) is 67.5 Å². The molecule has 0 atom stereocenters. The summed E-state index contributed by atoms with van der Waals surface area (Å²) in [5.74, 6) is 0.0490. The first-order valence-electron chi connectivity index (χ1n) is 8.28. The number of esters is 1. The predicted octanol–water partition coefficient (Wildman–Crippen LogP) is 3.32. The summed E-state index contributed by atoms with van der Waals surface area (Å²) in [4.78, 5) is 26.5. The fourth-order valence-corrected chi connectivity index (χ4v) is 3.11. The lowest BCUT2D eigenvalue weighted by atomic mass is 9.82. The number of nitro groups is 1. The van der Waals surface area contributed by atoms with Crippen molar-refractivity contribution in [2.24, 2.45) is 5.92 Å². The van der Waals surface area contributed by atoms with E-state index in [1.807, 2.05) is 18.3 Å². The van der Waals surface area contributed by atoms with Crippen molar-refractivity contribution in [3.63, 3.8) is 0 Å². The number of carbonyl (C=O) groups excluding carboxylic acids is 1. The Hall–Kier alpha value is -2.07. The Morgan fingerprint density at radius 1 is 1.27 bits per heavy atom. The van der Waals surface area contributed by atoms with E-state index in [1.165, 1.54) is 24.3 Å². The number of ether oxygens (including phenoxy) is 1. The van der Waals surface area contributed by atoms with Gasteiger partial charge in [-0.25, -0.2) is 4.79 Å². The van der Waals surface area contributed by atoms with Gasteiger partial charge in [-0.1, -0.05) is 0 Å². The number of carbonyl (C=O) groups is 1. The van der Waals surface area contributed by atoms with E-state index >= 15 is 0 Å². The van der Waals surface area contributed by atoms with E-state index in [9.17, 15) is 14.9 Å². The quantitative estimate of drug-likeness (QED) is 0.291. The number of hydrogen-bond acceptors (Lipinski definition) is 6. The van der Waals surface area contributed by atoms with Gasteiger partial charge >= 0.3 is 5.97 Å². The van der Waals surface area contributed by atoms with Gasteiger partial charge < -0.3 is 10.1 Å². The van der Waals surface area contributed by atoms with Gasteiger partial charge in [0.15, 0.2) is 0 Å². The minimum atomic E-state index is -0.496. The highest BCUT2D eigenvalue weighted by molar-refractivity contribution is 14.1. The molecule has 0 amide bonds. The number of halogens is 1. The van der Waals surface area contributed by atoms with Gasteiger partial charge in [0.05, 0.1) is 16.2 Å². The van der Waals surface area contributed by atoms with Crippen molar-refractivity contribution in [2.45, 2.75) is 25.5 Å². The van der Waals surface area contributed by atoms with E-state index < -0.39 is 10.9 Å². The molecule has 1 heterocycles. The SMILES string of the molecule is O=C(OC1CC(CNCc2ccc(I)cn2)C1)c1ccc([N+](=O)[O-])cc1. The molecule has 1 aliphatic carbocycles. The number of aromatic nitrogens is 1. The monoisotopic (exact) mass is 467 g/mol. The summed E-state index contributed by atoms with van der Waals surface area (Å²) in [6.07, 6.45) is 3.41. The number of rotatable bonds is 7. The van der Waals surface area contributed by atoms with Crippen LogP contribution >= 0.6 is 22.6 Å². The van der Waals surface area contributed by atoms with Crippen molar-refractivity contribution < 1.29 is 14.5 Å². The molecule has 3 rings (SSSR count). The number of nitrogens with zero attached hydrogens (tertiary/aromatic N) is 2. The van der Waals surface area contributed by atoms with Gasteiger partial charge in [-0.2, -0.15) is 0 Å². The molecule has 136 valence electrons. The maximum absolute atomic E-state index is 12.0. The van der Waals surface area contributed by atoms with Gasteiger partial charge in [0.25, 0.3) is 5.69 Å². The second kappa shape index (κ2) is 8.54. The maximum Gasteiger partial charge on any atom is 0.338 e. The zero-order valence-electron chi connectivity index (χ0n) is 13.9. The van der Waals surface area contributed by atoms with Crippen LogP contribution in [0.5, 0.6) is 0 Å². The molecule has 1 saturated carbocycles. The van der Waals surface area contributed by atoms with Crippen LogP contribution in [0, 0.1) is 19.6 Å². The summed E-state index contributed by atoms with van der Waals surface area (Å²) in [7, 11) is 0. The second-order valence-corrected chi connectivity index (χ2v) is 7.51. The molecule has 1 aromatic carbocycles. The van der Waals surface area contributed by atoms with Crippen molar-refractivity contribution in [1.29, 1.82) is 0 Å². The Kier molecular flexibility index (Phi) is 6.15. The zero-order chi connectivity index (χ0) is 18.5. The van der Waals surface area contributed by atoms with Gasteiger partial charge in [0.2, 0.25) is 0 Å². The van der Waals surface area contributed by atoms with Crippen LogP contribution in [0.3, 0.4) is 0 Å². The van der Waals surface area contributed by atoms with Crippen LogP contribution in [0.1, 0.15) is 28.9 Å². The molecule has 0 spiro atoms. The summed E-state index contributed by atoms with van der Waals surface area (Å²) in [5.41, 5.74) is 1.30. The highest BCUT2D eigenvalue weighted by Crippen LogP contribution is 2.30.